The molecule has 5 nitrogen and oxygen atoms in total. The second-order valence-electron chi connectivity index (χ2n) is 7.30. The van der Waals surface area contributed by atoms with Crippen LogP contribution in [-0.2, 0) is 21.2 Å². The summed E-state index contributed by atoms with van der Waals surface area (Å²) in [5.74, 6) is 0.445. The number of nitrogens with zero attached hydrogens (tertiary/aromatic N) is 2. The highest BCUT2D eigenvalue weighted by molar-refractivity contribution is 8.15. The summed E-state index contributed by atoms with van der Waals surface area (Å²) in [7, 11) is -3.01. The van der Waals surface area contributed by atoms with Crippen LogP contribution in [0.25, 0.3) is 0 Å². The fourth-order valence-corrected chi connectivity index (χ4v) is 7.18. The minimum atomic E-state index is -3.01. The van der Waals surface area contributed by atoms with E-state index in [1.807, 2.05) is 49.9 Å². The van der Waals surface area contributed by atoms with Gasteiger partial charge in [0.2, 0.25) is 5.91 Å². The average molecular weight is 381 g/mol. The van der Waals surface area contributed by atoms with Gasteiger partial charge in [-0.3, -0.25) is 4.79 Å². The van der Waals surface area contributed by atoms with Crippen molar-refractivity contribution in [2.24, 2.45) is 10.9 Å². The quantitative estimate of drug-likeness (QED) is 0.803. The first-order valence-corrected chi connectivity index (χ1v) is 11.2. The molecule has 0 aromatic heterocycles. The van der Waals surface area contributed by atoms with Gasteiger partial charge in [-0.25, -0.2) is 8.42 Å². The largest absolute Gasteiger partial charge is 0.342 e. The van der Waals surface area contributed by atoms with Gasteiger partial charge >= 0.3 is 0 Å². The molecule has 2 aliphatic heterocycles. The first kappa shape index (κ1) is 18.5. The molecular formula is C18H24N2O3S2. The maximum atomic E-state index is 12.2. The maximum absolute atomic E-state index is 12.2. The molecule has 1 aromatic carbocycles. The van der Waals surface area contributed by atoms with E-state index < -0.39 is 9.84 Å². The SMILES string of the molecule is Cc1ccc(CN2C(=NC(=O)CC(C)C)S[C@@H]3CS(=O)(=O)C[C@@H]32)cc1. The van der Waals surface area contributed by atoms with Crippen LogP contribution in [-0.4, -0.2) is 47.2 Å². The smallest absolute Gasteiger partial charge is 0.248 e. The van der Waals surface area contributed by atoms with Crippen molar-refractivity contribution < 1.29 is 13.2 Å². The molecular weight excluding hydrogens is 356 g/mol. The van der Waals surface area contributed by atoms with Crippen molar-refractivity contribution >= 4 is 32.7 Å². The summed E-state index contributed by atoms with van der Waals surface area (Å²) in [6.45, 7) is 6.60. The lowest BCUT2D eigenvalue weighted by molar-refractivity contribution is -0.118. The zero-order chi connectivity index (χ0) is 18.2. The number of rotatable bonds is 4. The van der Waals surface area contributed by atoms with Crippen LogP contribution >= 0.6 is 11.8 Å². The Bertz CT molecular complexity index is 785. The van der Waals surface area contributed by atoms with Crippen molar-refractivity contribution in [1.82, 2.24) is 4.90 Å². The number of thioether (sulfide) groups is 1. The van der Waals surface area contributed by atoms with E-state index in [4.69, 9.17) is 0 Å². The lowest BCUT2D eigenvalue weighted by Crippen LogP contribution is -2.37. The number of amidine groups is 1. The number of hydrogen-bond acceptors (Lipinski definition) is 4. The number of fused-ring (bicyclic) bond motifs is 1. The Hall–Kier alpha value is -1.34. The summed E-state index contributed by atoms with van der Waals surface area (Å²) in [6.07, 6.45) is 0.413. The Labute approximate surface area is 153 Å². The number of amides is 1. The van der Waals surface area contributed by atoms with Gasteiger partial charge in [-0.05, 0) is 18.4 Å². The van der Waals surface area contributed by atoms with Crippen LogP contribution in [0.2, 0.25) is 0 Å². The molecule has 0 unspecified atom stereocenters. The standard InChI is InChI=1S/C18H24N2O3S2/c1-12(2)8-17(21)19-18-20(9-14-6-4-13(3)5-7-14)15-10-25(22,23)11-16(15)24-18/h4-7,12,15-16H,8-11H2,1-3H3/t15-,16+/m0/s1. The van der Waals surface area contributed by atoms with Crippen LogP contribution < -0.4 is 0 Å². The molecule has 136 valence electrons. The van der Waals surface area contributed by atoms with E-state index in [0.717, 1.165) is 5.56 Å². The zero-order valence-corrected chi connectivity index (χ0v) is 16.4. The van der Waals surface area contributed by atoms with E-state index in [9.17, 15) is 13.2 Å². The molecule has 0 radical (unpaired) electrons. The monoisotopic (exact) mass is 380 g/mol. The zero-order valence-electron chi connectivity index (χ0n) is 14.8. The van der Waals surface area contributed by atoms with Gasteiger partial charge in [-0.2, -0.15) is 4.99 Å². The lowest BCUT2D eigenvalue weighted by atomic mass is 10.1. The molecule has 2 fully saturated rings. The highest BCUT2D eigenvalue weighted by atomic mass is 32.2. The minimum Gasteiger partial charge on any atom is -0.342 e. The molecule has 1 aromatic rings. The number of hydrogen-bond donors (Lipinski definition) is 0. The maximum Gasteiger partial charge on any atom is 0.248 e. The van der Waals surface area contributed by atoms with Crippen LogP contribution in [0.4, 0.5) is 0 Å². The number of carbonyl (C=O) groups is 1. The van der Waals surface area contributed by atoms with Gasteiger partial charge in [0.1, 0.15) is 0 Å². The Kier molecular flexibility index (Phi) is 5.25. The minimum absolute atomic E-state index is 0.0268. The van der Waals surface area contributed by atoms with E-state index in [0.29, 0.717) is 18.1 Å². The molecule has 7 heteroatoms. The van der Waals surface area contributed by atoms with Gasteiger partial charge in [-0.1, -0.05) is 55.4 Å². The third-order valence-corrected chi connectivity index (χ3v) is 7.70. The molecule has 0 saturated carbocycles. The van der Waals surface area contributed by atoms with Crippen LogP contribution in [0, 0.1) is 12.8 Å². The van der Waals surface area contributed by atoms with Crippen LogP contribution in [0.5, 0.6) is 0 Å². The van der Waals surface area contributed by atoms with Crippen molar-refractivity contribution in [3.8, 4) is 0 Å². The Morgan fingerprint density at radius 3 is 2.60 bits per heavy atom. The predicted octanol–water partition coefficient (Wildman–Crippen LogP) is 2.64. The third kappa shape index (κ3) is 4.44. The van der Waals surface area contributed by atoms with E-state index in [1.54, 1.807) is 0 Å². The number of sulfone groups is 1. The van der Waals surface area contributed by atoms with E-state index in [1.165, 1.54) is 17.3 Å². The van der Waals surface area contributed by atoms with Gasteiger partial charge in [0, 0.05) is 18.2 Å². The summed E-state index contributed by atoms with van der Waals surface area (Å²) < 4.78 is 24.0. The normalized spacial score (nSPS) is 26.4. The second kappa shape index (κ2) is 7.11. The molecule has 0 bridgehead atoms. The molecule has 2 saturated heterocycles. The molecule has 1 amide bonds. The highest BCUT2D eigenvalue weighted by Gasteiger charge is 2.48. The van der Waals surface area contributed by atoms with Crippen molar-refractivity contribution in [2.45, 2.75) is 45.0 Å². The van der Waals surface area contributed by atoms with E-state index in [-0.39, 0.29) is 34.6 Å². The molecule has 0 N–H and O–H groups in total. The Morgan fingerprint density at radius 2 is 1.96 bits per heavy atom. The molecule has 2 aliphatic rings. The fourth-order valence-electron chi connectivity index (χ4n) is 3.21. The van der Waals surface area contributed by atoms with Gasteiger partial charge in [0.15, 0.2) is 15.0 Å². The van der Waals surface area contributed by atoms with Crippen LogP contribution in [0.3, 0.4) is 0 Å². The summed E-state index contributed by atoms with van der Waals surface area (Å²) in [6, 6.07) is 8.08. The van der Waals surface area contributed by atoms with Crippen molar-refractivity contribution in [2.75, 3.05) is 11.5 Å². The number of aliphatic imine (C=N–C) groups is 1. The van der Waals surface area contributed by atoms with Gasteiger partial charge in [-0.15, -0.1) is 0 Å². The number of aryl methyl sites for hydroxylation is 1. The lowest BCUT2D eigenvalue weighted by Gasteiger charge is -2.24. The van der Waals surface area contributed by atoms with E-state index in [2.05, 4.69) is 4.99 Å². The predicted molar refractivity (Wildman–Crippen MR) is 102 cm³/mol. The van der Waals surface area contributed by atoms with Gasteiger partial charge in [0.25, 0.3) is 0 Å². The molecule has 3 rings (SSSR count). The molecule has 25 heavy (non-hydrogen) atoms. The van der Waals surface area contributed by atoms with Gasteiger partial charge < -0.3 is 4.90 Å². The van der Waals surface area contributed by atoms with Crippen molar-refractivity contribution in [3.05, 3.63) is 35.4 Å². The highest BCUT2D eigenvalue weighted by Crippen LogP contribution is 2.39. The summed E-state index contributed by atoms with van der Waals surface area (Å²) in [5.41, 5.74) is 2.28. The topological polar surface area (TPSA) is 66.8 Å². The fraction of sp³-hybridized carbons (Fsp3) is 0.556. The average Bonchev–Trinajstić information content (AvgIpc) is 2.93. The first-order valence-electron chi connectivity index (χ1n) is 8.54. The van der Waals surface area contributed by atoms with E-state index >= 15 is 0 Å². The second-order valence-corrected chi connectivity index (χ2v) is 10.7. The summed E-state index contributed by atoms with van der Waals surface area (Å²) >= 11 is 1.45. The summed E-state index contributed by atoms with van der Waals surface area (Å²) in [4.78, 5) is 18.5. The summed E-state index contributed by atoms with van der Waals surface area (Å²) in [5, 5.41) is 0.650. The third-order valence-electron chi connectivity index (χ3n) is 4.45. The number of carbonyl (C=O) groups excluding carboxylic acids is 1. The van der Waals surface area contributed by atoms with Crippen molar-refractivity contribution in [1.29, 1.82) is 0 Å². The molecule has 2 atom stereocenters. The van der Waals surface area contributed by atoms with Crippen LogP contribution in [0.15, 0.2) is 29.3 Å². The van der Waals surface area contributed by atoms with Crippen LogP contribution in [0.1, 0.15) is 31.4 Å². The Morgan fingerprint density at radius 1 is 1.28 bits per heavy atom. The molecule has 2 heterocycles. The molecule has 0 spiro atoms. The molecule has 0 aliphatic carbocycles. The van der Waals surface area contributed by atoms with Crippen molar-refractivity contribution in [3.63, 3.8) is 0 Å². The first-order chi connectivity index (χ1) is 11.7. The van der Waals surface area contributed by atoms with Gasteiger partial charge in [0.05, 0.1) is 17.5 Å². The Balaban J connectivity index is 1.85. The number of benzene rings is 1.